The van der Waals surface area contributed by atoms with Gasteiger partial charge in [-0.25, -0.2) is 9.78 Å². The largest absolute Gasteiger partial charge is 0.466 e. The number of anilines is 1. The maximum absolute atomic E-state index is 12.1. The van der Waals surface area contributed by atoms with Crippen LogP contribution in [-0.2, 0) is 12.1 Å². The van der Waals surface area contributed by atoms with Gasteiger partial charge in [0.2, 0.25) is 0 Å². The maximum Gasteiger partial charge on any atom is 0.315 e. The van der Waals surface area contributed by atoms with Crippen LogP contribution in [0.4, 0.5) is 10.6 Å². The zero-order valence-electron chi connectivity index (χ0n) is 15.4. The second-order valence-corrected chi connectivity index (χ2v) is 6.52. The zero-order valence-corrected chi connectivity index (χ0v) is 15.4. The number of aliphatic hydroxyl groups is 1. The third-order valence-electron chi connectivity index (χ3n) is 3.94. The average Bonchev–Trinajstić information content (AvgIpc) is 2.90. The molecule has 7 heteroatoms. The Hall–Kier alpha value is -2.54. The number of nitrogens with zero attached hydrogens (tertiary/aromatic N) is 2. The van der Waals surface area contributed by atoms with Gasteiger partial charge in [0.25, 0.3) is 0 Å². The molecule has 3 N–H and O–H groups in total. The van der Waals surface area contributed by atoms with Gasteiger partial charge in [-0.05, 0) is 32.9 Å². The van der Waals surface area contributed by atoms with Crippen LogP contribution in [0, 0.1) is 13.8 Å². The molecule has 2 amide bonds. The van der Waals surface area contributed by atoms with Crippen LogP contribution in [0.5, 0.6) is 0 Å². The number of rotatable bonds is 6. The molecule has 0 bridgehead atoms. The van der Waals surface area contributed by atoms with E-state index in [2.05, 4.69) is 15.6 Å². The van der Waals surface area contributed by atoms with Crippen molar-refractivity contribution in [2.24, 2.45) is 0 Å². The molecule has 1 atom stereocenters. The van der Waals surface area contributed by atoms with Crippen LogP contribution in [0.2, 0.25) is 0 Å². The normalized spacial score (nSPS) is 13.2. The molecule has 0 aliphatic rings. The van der Waals surface area contributed by atoms with Crippen molar-refractivity contribution in [1.82, 2.24) is 15.6 Å². The summed E-state index contributed by atoms with van der Waals surface area (Å²) >= 11 is 0. The number of aromatic nitrogens is 1. The standard InChI is InChI=1S/C18H26N4O3/c1-12-9-15(13(2)25-12)18(3,24)11-21-17(23)20-10-14-7-6-8-19-16(14)22(4)5/h6-9,24H,10-11H2,1-5H3,(H2,20,21,23). The number of pyridine rings is 1. The lowest BCUT2D eigenvalue weighted by Crippen LogP contribution is -2.43. The maximum atomic E-state index is 12.1. The van der Waals surface area contributed by atoms with E-state index < -0.39 is 5.60 Å². The molecule has 2 aromatic rings. The minimum absolute atomic E-state index is 0.0756. The molecule has 0 spiro atoms. The van der Waals surface area contributed by atoms with Crippen LogP contribution < -0.4 is 15.5 Å². The van der Waals surface area contributed by atoms with Crippen LogP contribution in [0.15, 0.2) is 28.8 Å². The number of carbonyl (C=O) groups is 1. The fraction of sp³-hybridized carbons (Fsp3) is 0.444. The Kier molecular flexibility index (Phi) is 5.69. The molecule has 0 radical (unpaired) electrons. The number of carbonyl (C=O) groups excluding carboxylic acids is 1. The number of nitrogens with one attached hydrogen (secondary N) is 2. The SMILES string of the molecule is Cc1cc(C(C)(O)CNC(=O)NCc2cccnc2N(C)C)c(C)o1. The smallest absolute Gasteiger partial charge is 0.315 e. The van der Waals surface area contributed by atoms with E-state index in [0.717, 1.165) is 17.1 Å². The highest BCUT2D eigenvalue weighted by atomic mass is 16.3. The van der Waals surface area contributed by atoms with Gasteiger partial charge in [0.15, 0.2) is 0 Å². The average molecular weight is 346 g/mol. The molecular formula is C18H26N4O3. The summed E-state index contributed by atoms with van der Waals surface area (Å²) in [5.41, 5.74) is 0.380. The molecule has 2 aromatic heterocycles. The van der Waals surface area contributed by atoms with Crippen LogP contribution >= 0.6 is 0 Å². The van der Waals surface area contributed by atoms with Gasteiger partial charge >= 0.3 is 6.03 Å². The van der Waals surface area contributed by atoms with E-state index in [1.54, 1.807) is 26.1 Å². The zero-order chi connectivity index (χ0) is 18.6. The fourth-order valence-electron chi connectivity index (χ4n) is 2.72. The van der Waals surface area contributed by atoms with Crippen molar-refractivity contribution in [2.75, 3.05) is 25.5 Å². The summed E-state index contributed by atoms with van der Waals surface area (Å²) in [5.74, 6) is 2.18. The number of hydrogen-bond donors (Lipinski definition) is 3. The van der Waals surface area contributed by atoms with E-state index in [-0.39, 0.29) is 12.6 Å². The van der Waals surface area contributed by atoms with Gasteiger partial charge in [-0.1, -0.05) is 6.07 Å². The number of furan rings is 1. The van der Waals surface area contributed by atoms with Crippen molar-refractivity contribution in [3.05, 3.63) is 47.0 Å². The van der Waals surface area contributed by atoms with Gasteiger partial charge in [-0.3, -0.25) is 0 Å². The molecule has 0 aliphatic heterocycles. The minimum Gasteiger partial charge on any atom is -0.466 e. The Labute approximate surface area is 148 Å². The molecule has 2 heterocycles. The number of amides is 2. The second kappa shape index (κ2) is 7.57. The summed E-state index contributed by atoms with van der Waals surface area (Å²) < 4.78 is 5.45. The first-order valence-electron chi connectivity index (χ1n) is 8.13. The molecule has 0 saturated heterocycles. The molecule has 136 valence electrons. The highest BCUT2D eigenvalue weighted by Crippen LogP contribution is 2.26. The lowest BCUT2D eigenvalue weighted by molar-refractivity contribution is 0.0579. The van der Waals surface area contributed by atoms with Gasteiger partial charge in [-0.2, -0.15) is 0 Å². The van der Waals surface area contributed by atoms with E-state index in [1.165, 1.54) is 0 Å². The fourth-order valence-corrected chi connectivity index (χ4v) is 2.72. The predicted molar refractivity (Wildman–Crippen MR) is 96.6 cm³/mol. The van der Waals surface area contributed by atoms with Crippen molar-refractivity contribution < 1.29 is 14.3 Å². The van der Waals surface area contributed by atoms with Gasteiger partial charge in [-0.15, -0.1) is 0 Å². The van der Waals surface area contributed by atoms with Crippen LogP contribution in [0.3, 0.4) is 0 Å². The first kappa shape index (κ1) is 18.8. The molecule has 0 aromatic carbocycles. The molecule has 2 rings (SSSR count). The number of urea groups is 1. The summed E-state index contributed by atoms with van der Waals surface area (Å²) in [5, 5.41) is 16.1. The number of hydrogen-bond acceptors (Lipinski definition) is 5. The van der Waals surface area contributed by atoms with Crippen molar-refractivity contribution in [3.8, 4) is 0 Å². The highest BCUT2D eigenvalue weighted by Gasteiger charge is 2.28. The topological polar surface area (TPSA) is 90.6 Å². The van der Waals surface area contributed by atoms with E-state index >= 15 is 0 Å². The van der Waals surface area contributed by atoms with E-state index in [0.29, 0.717) is 17.9 Å². The summed E-state index contributed by atoms with van der Waals surface area (Å²) in [4.78, 5) is 18.3. The van der Waals surface area contributed by atoms with E-state index in [9.17, 15) is 9.90 Å². The number of aryl methyl sites for hydroxylation is 2. The minimum atomic E-state index is -1.21. The molecule has 7 nitrogen and oxygen atoms in total. The van der Waals surface area contributed by atoms with Crippen LogP contribution in [0.25, 0.3) is 0 Å². The Bertz CT molecular complexity index is 738. The lowest BCUT2D eigenvalue weighted by Gasteiger charge is -2.23. The third-order valence-corrected chi connectivity index (χ3v) is 3.94. The third kappa shape index (κ3) is 4.73. The van der Waals surface area contributed by atoms with Crippen LogP contribution in [-0.4, -0.2) is 36.8 Å². The van der Waals surface area contributed by atoms with Crippen molar-refractivity contribution >= 4 is 11.8 Å². The van der Waals surface area contributed by atoms with E-state index in [1.807, 2.05) is 38.1 Å². The van der Waals surface area contributed by atoms with E-state index in [4.69, 9.17) is 4.42 Å². The predicted octanol–water partition coefficient (Wildman–Crippen LogP) is 2.06. The summed E-state index contributed by atoms with van der Waals surface area (Å²) in [6.07, 6.45) is 1.71. The van der Waals surface area contributed by atoms with Gasteiger partial charge in [0.1, 0.15) is 22.9 Å². The molecule has 1 unspecified atom stereocenters. The lowest BCUT2D eigenvalue weighted by atomic mass is 9.96. The summed E-state index contributed by atoms with van der Waals surface area (Å²) in [6, 6.07) is 5.17. The molecule has 0 fully saturated rings. The van der Waals surface area contributed by atoms with Crippen molar-refractivity contribution in [2.45, 2.75) is 32.9 Å². The monoisotopic (exact) mass is 346 g/mol. The van der Waals surface area contributed by atoms with Gasteiger partial charge in [0.05, 0.1) is 6.54 Å². The first-order chi connectivity index (χ1) is 11.7. The highest BCUT2D eigenvalue weighted by molar-refractivity contribution is 5.74. The Morgan fingerprint density at radius 1 is 1.36 bits per heavy atom. The van der Waals surface area contributed by atoms with Crippen molar-refractivity contribution in [3.63, 3.8) is 0 Å². The summed E-state index contributed by atoms with van der Waals surface area (Å²) in [7, 11) is 3.80. The summed E-state index contributed by atoms with van der Waals surface area (Å²) in [6.45, 7) is 5.69. The molecule has 25 heavy (non-hydrogen) atoms. The quantitative estimate of drug-likeness (QED) is 0.745. The first-order valence-corrected chi connectivity index (χ1v) is 8.13. The second-order valence-electron chi connectivity index (χ2n) is 6.52. The van der Waals surface area contributed by atoms with Gasteiger partial charge in [0, 0.05) is 38.0 Å². The Morgan fingerprint density at radius 3 is 2.68 bits per heavy atom. The molecule has 0 saturated carbocycles. The molecular weight excluding hydrogens is 320 g/mol. The molecule has 0 aliphatic carbocycles. The van der Waals surface area contributed by atoms with Gasteiger partial charge < -0.3 is 25.1 Å². The Morgan fingerprint density at radius 2 is 2.08 bits per heavy atom. The van der Waals surface area contributed by atoms with Crippen molar-refractivity contribution in [1.29, 1.82) is 0 Å². The van der Waals surface area contributed by atoms with Crippen LogP contribution in [0.1, 0.15) is 29.6 Å². The Balaban J connectivity index is 1.92.